The highest BCUT2D eigenvalue weighted by Gasteiger charge is 2.17. The van der Waals surface area contributed by atoms with E-state index in [-0.39, 0.29) is 5.92 Å². The molecular formula is C19H27N5O2S. The number of aryl methyl sites for hydroxylation is 3. The lowest BCUT2D eigenvalue weighted by Gasteiger charge is -2.05. The first-order valence-electron chi connectivity index (χ1n) is 9.50. The zero-order valence-corrected chi connectivity index (χ0v) is 17.4. The Balaban J connectivity index is 1.48. The van der Waals surface area contributed by atoms with Crippen LogP contribution in [0.5, 0.6) is 0 Å². The van der Waals surface area contributed by atoms with Gasteiger partial charge in [0.25, 0.3) is 0 Å². The number of aromatic nitrogens is 5. The van der Waals surface area contributed by atoms with E-state index < -0.39 is 0 Å². The molecule has 0 amide bonds. The monoisotopic (exact) mass is 389 g/mol. The number of nitrogens with zero attached hydrogens (tertiary/aromatic N) is 5. The van der Waals surface area contributed by atoms with E-state index in [1.807, 2.05) is 26.8 Å². The van der Waals surface area contributed by atoms with Crippen molar-refractivity contribution in [1.82, 2.24) is 25.6 Å². The van der Waals surface area contributed by atoms with Gasteiger partial charge in [-0.3, -0.25) is 0 Å². The zero-order chi connectivity index (χ0) is 19.4. The van der Waals surface area contributed by atoms with Crippen molar-refractivity contribution < 1.29 is 8.94 Å². The Kier molecular flexibility index (Phi) is 6.36. The first-order chi connectivity index (χ1) is 12.9. The highest BCUT2D eigenvalue weighted by atomic mass is 32.1. The van der Waals surface area contributed by atoms with Crippen LogP contribution in [0.2, 0.25) is 0 Å². The van der Waals surface area contributed by atoms with Crippen molar-refractivity contribution >= 4 is 11.3 Å². The molecule has 0 aromatic carbocycles. The lowest BCUT2D eigenvalue weighted by molar-refractivity contribution is 0.385. The normalized spacial score (nSPS) is 14.0. The van der Waals surface area contributed by atoms with Gasteiger partial charge in [0.15, 0.2) is 0 Å². The van der Waals surface area contributed by atoms with Crippen molar-refractivity contribution in [3.63, 3.8) is 0 Å². The summed E-state index contributed by atoms with van der Waals surface area (Å²) >= 11 is 1.70. The summed E-state index contributed by atoms with van der Waals surface area (Å²) in [5.41, 5.74) is 1.01. The van der Waals surface area contributed by atoms with E-state index in [1.54, 1.807) is 11.3 Å². The fraction of sp³-hybridized carbons (Fsp3) is 0.632. The molecule has 8 heteroatoms. The minimum atomic E-state index is 0.262. The van der Waals surface area contributed by atoms with Gasteiger partial charge < -0.3 is 8.94 Å². The van der Waals surface area contributed by atoms with Crippen LogP contribution in [0.15, 0.2) is 15.0 Å². The van der Waals surface area contributed by atoms with E-state index in [4.69, 9.17) is 8.94 Å². The maximum atomic E-state index is 5.68. The van der Waals surface area contributed by atoms with Crippen molar-refractivity contribution in [3.05, 3.63) is 39.3 Å². The fourth-order valence-corrected chi connectivity index (χ4v) is 3.68. The van der Waals surface area contributed by atoms with Gasteiger partial charge in [0, 0.05) is 36.7 Å². The maximum absolute atomic E-state index is 5.68. The predicted octanol–water partition coefficient (Wildman–Crippen LogP) is 4.81. The molecular weight excluding hydrogens is 362 g/mol. The van der Waals surface area contributed by atoms with E-state index in [0.717, 1.165) is 47.2 Å². The molecule has 7 nitrogen and oxygen atoms in total. The van der Waals surface area contributed by atoms with Gasteiger partial charge in [-0.1, -0.05) is 32.9 Å². The first kappa shape index (κ1) is 19.7. The molecule has 2 unspecified atom stereocenters. The fourth-order valence-electron chi connectivity index (χ4n) is 2.74. The first-order valence-corrected chi connectivity index (χ1v) is 10.3. The van der Waals surface area contributed by atoms with Crippen LogP contribution < -0.4 is 0 Å². The molecule has 0 aliphatic rings. The molecule has 3 aromatic heterocycles. The van der Waals surface area contributed by atoms with E-state index in [2.05, 4.69) is 39.4 Å². The van der Waals surface area contributed by atoms with Crippen molar-refractivity contribution in [2.75, 3.05) is 0 Å². The summed E-state index contributed by atoms with van der Waals surface area (Å²) in [5, 5.41) is 23.2. The molecule has 3 aromatic rings. The Morgan fingerprint density at radius 2 is 1.74 bits per heavy atom. The van der Waals surface area contributed by atoms with Gasteiger partial charge in [0.1, 0.15) is 15.8 Å². The maximum Gasteiger partial charge on any atom is 0.219 e. The topological polar surface area (TPSA) is 90.7 Å². The molecule has 0 aliphatic carbocycles. The zero-order valence-electron chi connectivity index (χ0n) is 16.6. The molecule has 146 valence electrons. The smallest absolute Gasteiger partial charge is 0.219 e. The van der Waals surface area contributed by atoms with Crippen LogP contribution in [-0.2, 0) is 12.8 Å². The summed E-state index contributed by atoms with van der Waals surface area (Å²) < 4.78 is 10.8. The van der Waals surface area contributed by atoms with Gasteiger partial charge in [0.2, 0.25) is 11.8 Å². The number of hydrogen-bond acceptors (Lipinski definition) is 8. The Bertz CT molecular complexity index is 854. The van der Waals surface area contributed by atoms with Crippen LogP contribution in [-0.4, -0.2) is 25.6 Å². The molecule has 0 spiro atoms. The summed E-state index contributed by atoms with van der Waals surface area (Å²) in [4.78, 5) is 0. The second kappa shape index (κ2) is 8.73. The summed E-state index contributed by atoms with van der Waals surface area (Å²) in [6.45, 7) is 10.3. The minimum Gasteiger partial charge on any atom is -0.425 e. The molecule has 0 aliphatic heterocycles. The Hall–Kier alpha value is -2.09. The van der Waals surface area contributed by atoms with Crippen LogP contribution in [0.25, 0.3) is 0 Å². The second-order valence-electron chi connectivity index (χ2n) is 7.46. The Morgan fingerprint density at radius 1 is 0.963 bits per heavy atom. The molecule has 0 bridgehead atoms. The highest BCUT2D eigenvalue weighted by Crippen LogP contribution is 2.27. The van der Waals surface area contributed by atoms with Gasteiger partial charge in [-0.15, -0.1) is 31.7 Å². The molecule has 0 saturated carbocycles. The highest BCUT2D eigenvalue weighted by molar-refractivity contribution is 7.11. The van der Waals surface area contributed by atoms with Gasteiger partial charge in [-0.25, -0.2) is 0 Å². The largest absolute Gasteiger partial charge is 0.425 e. The predicted molar refractivity (Wildman–Crippen MR) is 103 cm³/mol. The van der Waals surface area contributed by atoms with Gasteiger partial charge >= 0.3 is 0 Å². The Morgan fingerprint density at radius 3 is 2.41 bits per heavy atom. The quantitative estimate of drug-likeness (QED) is 0.518. The number of hydrogen-bond donors (Lipinski definition) is 0. The van der Waals surface area contributed by atoms with Gasteiger partial charge in [-0.05, 0) is 19.8 Å². The summed E-state index contributed by atoms with van der Waals surface area (Å²) in [7, 11) is 0. The molecule has 3 heterocycles. The summed E-state index contributed by atoms with van der Waals surface area (Å²) in [6, 6.07) is 2.00. The third-order valence-corrected chi connectivity index (χ3v) is 5.83. The van der Waals surface area contributed by atoms with Crippen molar-refractivity contribution in [3.8, 4) is 0 Å². The minimum absolute atomic E-state index is 0.262. The number of rotatable bonds is 9. The standard InChI is InChI=1S/C19H27N5O2S/c1-11(2)18-22-20-16(25-18)8-6-13(4)19-23-21-17(27-19)9-7-12(3)15-10-14(5)26-24-15/h10-13H,6-9H2,1-5H3. The summed E-state index contributed by atoms with van der Waals surface area (Å²) in [5.74, 6) is 3.18. The SMILES string of the molecule is Cc1cc(C(C)CCc2nnc(C(C)CCc3nnc(C(C)C)o3)s2)no1. The van der Waals surface area contributed by atoms with Gasteiger partial charge in [0.05, 0.1) is 5.69 Å². The average molecular weight is 390 g/mol. The van der Waals surface area contributed by atoms with Crippen LogP contribution in [0.4, 0.5) is 0 Å². The van der Waals surface area contributed by atoms with E-state index in [9.17, 15) is 0 Å². The lowest BCUT2D eigenvalue weighted by Crippen LogP contribution is -1.96. The van der Waals surface area contributed by atoms with Crippen LogP contribution in [0, 0.1) is 6.92 Å². The van der Waals surface area contributed by atoms with Gasteiger partial charge in [-0.2, -0.15) is 0 Å². The van der Waals surface area contributed by atoms with E-state index in [1.165, 1.54) is 0 Å². The summed E-state index contributed by atoms with van der Waals surface area (Å²) in [6.07, 6.45) is 3.56. The molecule has 0 N–H and O–H groups in total. The van der Waals surface area contributed by atoms with Crippen LogP contribution in [0.1, 0.15) is 91.5 Å². The molecule has 2 atom stereocenters. The van der Waals surface area contributed by atoms with Crippen LogP contribution in [0.3, 0.4) is 0 Å². The van der Waals surface area contributed by atoms with Crippen molar-refractivity contribution in [1.29, 1.82) is 0 Å². The van der Waals surface area contributed by atoms with Crippen molar-refractivity contribution in [2.45, 2.75) is 78.1 Å². The molecule has 0 fully saturated rings. The third-order valence-electron chi connectivity index (χ3n) is 4.61. The molecule has 27 heavy (non-hydrogen) atoms. The molecule has 3 rings (SSSR count). The van der Waals surface area contributed by atoms with E-state index in [0.29, 0.717) is 23.6 Å². The Labute approximate surface area is 163 Å². The lowest BCUT2D eigenvalue weighted by atomic mass is 10.0. The van der Waals surface area contributed by atoms with E-state index >= 15 is 0 Å². The average Bonchev–Trinajstić information content (AvgIpc) is 3.37. The third kappa shape index (κ3) is 5.22. The second-order valence-corrected chi connectivity index (χ2v) is 8.56. The molecule has 0 radical (unpaired) electrons. The molecule has 0 saturated heterocycles. The van der Waals surface area contributed by atoms with Crippen molar-refractivity contribution in [2.24, 2.45) is 0 Å². The van der Waals surface area contributed by atoms with Crippen LogP contribution >= 0.6 is 11.3 Å².